The van der Waals surface area contributed by atoms with Crippen LogP contribution in [0.5, 0.6) is 5.88 Å². The van der Waals surface area contributed by atoms with Crippen molar-refractivity contribution in [2.45, 2.75) is 0 Å². The number of carbonyl (C=O) groups is 3. The Bertz CT molecular complexity index is 1320. The van der Waals surface area contributed by atoms with Crippen molar-refractivity contribution in [1.82, 2.24) is 20.3 Å². The van der Waals surface area contributed by atoms with Crippen molar-refractivity contribution in [1.29, 1.82) is 0 Å². The summed E-state index contributed by atoms with van der Waals surface area (Å²) in [6.45, 7) is 1.90. The molecule has 168 valence electrons. The van der Waals surface area contributed by atoms with Gasteiger partial charge in [-0.2, -0.15) is 0 Å². The number of amides is 2. The number of hydrazine groups is 1. The normalized spacial score (nSPS) is 16.1. The summed E-state index contributed by atoms with van der Waals surface area (Å²) in [7, 11) is 0. The fourth-order valence-electron chi connectivity index (χ4n) is 4.15. The first-order chi connectivity index (χ1) is 16.0. The molecule has 3 N–H and O–H groups in total. The van der Waals surface area contributed by atoms with E-state index in [1.165, 1.54) is 6.07 Å². The molecule has 2 aliphatic heterocycles. The Morgan fingerprint density at radius 3 is 2.64 bits per heavy atom. The average Bonchev–Trinajstić information content (AvgIpc) is 3.34. The molecule has 3 aromatic rings. The molecular weight excluding hydrogens is 446 g/mol. The number of hydrogen-bond acceptors (Lipinski definition) is 6. The number of alkyl halides is 1. The number of nitrogens with zero attached hydrogens (tertiary/aromatic N) is 3. The highest BCUT2D eigenvalue weighted by molar-refractivity contribution is 6.56. The second kappa shape index (κ2) is 8.34. The number of halogens is 1. The number of carbonyl (C=O) groups excluding carboxylic acids is 3. The van der Waals surface area contributed by atoms with Crippen LogP contribution in [0, 0.1) is 0 Å². The van der Waals surface area contributed by atoms with Crippen molar-refractivity contribution in [2.75, 3.05) is 32.1 Å². The number of aromatic nitrogens is 1. The number of aromatic hydroxyl groups is 1. The molecule has 0 atom stereocenters. The van der Waals surface area contributed by atoms with Gasteiger partial charge in [-0.15, -0.1) is 11.6 Å². The molecule has 0 radical (unpaired) electrons. The number of rotatable bonds is 4. The molecule has 2 amide bonds. The van der Waals surface area contributed by atoms with Gasteiger partial charge in [-0.3, -0.25) is 19.8 Å². The van der Waals surface area contributed by atoms with Gasteiger partial charge in [0.1, 0.15) is 11.6 Å². The first-order valence-electron chi connectivity index (χ1n) is 10.4. The summed E-state index contributed by atoms with van der Waals surface area (Å²) in [6, 6.07) is 12.0. The second-order valence-electron chi connectivity index (χ2n) is 7.86. The quantitative estimate of drug-likeness (QED) is 0.510. The van der Waals surface area contributed by atoms with Crippen LogP contribution in [0.15, 0.2) is 47.5 Å². The van der Waals surface area contributed by atoms with Crippen LogP contribution in [-0.2, 0) is 4.79 Å². The number of Topliss-reactive ketones (excluding diaryl/α,β-unsaturated/α-hetero) is 1. The minimum atomic E-state index is -0.355. The lowest BCUT2D eigenvalue weighted by Crippen LogP contribution is -2.55. The van der Waals surface area contributed by atoms with E-state index in [1.54, 1.807) is 34.2 Å². The highest BCUT2D eigenvalue weighted by Crippen LogP contribution is 2.35. The second-order valence-corrected chi connectivity index (χ2v) is 8.13. The molecule has 0 spiro atoms. The van der Waals surface area contributed by atoms with Gasteiger partial charge in [-0.1, -0.05) is 18.2 Å². The Hall–Kier alpha value is -3.69. The molecule has 1 aromatic heterocycles. The third-order valence-corrected chi connectivity index (χ3v) is 6.11. The Morgan fingerprint density at radius 2 is 1.88 bits per heavy atom. The summed E-state index contributed by atoms with van der Waals surface area (Å²) in [4.78, 5) is 46.6. The predicted octanol–water partition coefficient (Wildman–Crippen LogP) is 2.22. The van der Waals surface area contributed by atoms with E-state index < -0.39 is 0 Å². The molecule has 2 aliphatic rings. The van der Waals surface area contributed by atoms with Crippen molar-refractivity contribution in [3.05, 3.63) is 59.2 Å². The molecule has 0 unspecified atom stereocenters. The van der Waals surface area contributed by atoms with E-state index in [9.17, 15) is 19.5 Å². The van der Waals surface area contributed by atoms with Crippen LogP contribution in [0.3, 0.4) is 0 Å². The van der Waals surface area contributed by atoms with Gasteiger partial charge in [0.25, 0.3) is 5.91 Å². The molecule has 3 heterocycles. The number of aromatic amines is 1. The number of benzene rings is 2. The van der Waals surface area contributed by atoms with E-state index in [-0.39, 0.29) is 35.1 Å². The molecule has 0 aliphatic carbocycles. The summed E-state index contributed by atoms with van der Waals surface area (Å²) in [6.07, 6.45) is 0. The van der Waals surface area contributed by atoms with Crippen molar-refractivity contribution in [3.63, 3.8) is 0 Å². The third kappa shape index (κ3) is 3.75. The SMILES string of the molecule is O=C(NN1CCN(C(=O)CCl)CC1)c1ccc2c(c1)C(=O)C(c1c(O)[nH]c3ccccc13)=N2. The van der Waals surface area contributed by atoms with Crippen LogP contribution in [-0.4, -0.2) is 75.4 Å². The molecule has 33 heavy (non-hydrogen) atoms. The molecule has 5 rings (SSSR count). The minimum Gasteiger partial charge on any atom is -0.494 e. The van der Waals surface area contributed by atoms with Gasteiger partial charge in [0.05, 0.1) is 16.8 Å². The summed E-state index contributed by atoms with van der Waals surface area (Å²) in [5, 5.41) is 12.8. The average molecular weight is 466 g/mol. The van der Waals surface area contributed by atoms with E-state index in [2.05, 4.69) is 15.4 Å². The Kier molecular flexibility index (Phi) is 5.35. The Morgan fingerprint density at radius 1 is 1.12 bits per heavy atom. The van der Waals surface area contributed by atoms with E-state index >= 15 is 0 Å². The van der Waals surface area contributed by atoms with Crippen molar-refractivity contribution in [3.8, 4) is 5.88 Å². The van der Waals surface area contributed by atoms with Crippen molar-refractivity contribution < 1.29 is 19.5 Å². The summed E-state index contributed by atoms with van der Waals surface area (Å²) in [5.41, 5.74) is 5.08. The van der Waals surface area contributed by atoms with Crippen LogP contribution >= 0.6 is 11.6 Å². The number of ketones is 1. The Labute approximate surface area is 193 Å². The number of H-pyrrole nitrogens is 1. The van der Waals surface area contributed by atoms with E-state index in [1.807, 2.05) is 12.1 Å². The number of piperazine rings is 1. The van der Waals surface area contributed by atoms with Gasteiger partial charge in [-0.25, -0.2) is 10.0 Å². The monoisotopic (exact) mass is 465 g/mol. The van der Waals surface area contributed by atoms with E-state index in [0.29, 0.717) is 59.5 Å². The lowest BCUT2D eigenvalue weighted by atomic mass is 10.0. The van der Waals surface area contributed by atoms with Crippen LogP contribution in [0.2, 0.25) is 0 Å². The highest BCUT2D eigenvalue weighted by atomic mass is 35.5. The number of hydrogen-bond donors (Lipinski definition) is 3. The summed E-state index contributed by atoms with van der Waals surface area (Å²) < 4.78 is 0. The third-order valence-electron chi connectivity index (χ3n) is 5.88. The van der Waals surface area contributed by atoms with Crippen molar-refractivity contribution >= 4 is 51.5 Å². The van der Waals surface area contributed by atoms with Crippen LogP contribution < -0.4 is 5.43 Å². The summed E-state index contributed by atoms with van der Waals surface area (Å²) >= 11 is 5.60. The maximum absolute atomic E-state index is 13.1. The first kappa shape index (κ1) is 21.2. The standard InChI is InChI=1S/C23H20ClN5O4/c24-12-18(30)28-7-9-29(10-8-28)27-22(32)13-5-6-17-15(11-13)21(31)20(25-17)19-14-3-1-2-4-16(14)26-23(19)33/h1-6,11,26,33H,7-10,12H2,(H,27,32). The van der Waals surface area contributed by atoms with Gasteiger partial charge < -0.3 is 15.0 Å². The molecule has 10 heteroatoms. The molecule has 0 saturated carbocycles. The van der Waals surface area contributed by atoms with Crippen LogP contribution in [0.25, 0.3) is 10.9 Å². The number of nitrogens with one attached hydrogen (secondary N) is 2. The lowest BCUT2D eigenvalue weighted by Gasteiger charge is -2.34. The van der Waals surface area contributed by atoms with Crippen molar-refractivity contribution in [2.24, 2.45) is 4.99 Å². The fourth-order valence-corrected chi connectivity index (χ4v) is 4.32. The topological polar surface area (TPSA) is 118 Å². The maximum atomic E-state index is 13.1. The lowest BCUT2D eigenvalue weighted by molar-refractivity contribution is -0.130. The summed E-state index contributed by atoms with van der Waals surface area (Å²) in [5.74, 6) is -1.02. The smallest absolute Gasteiger partial charge is 0.265 e. The zero-order valence-electron chi connectivity index (χ0n) is 17.5. The zero-order valence-corrected chi connectivity index (χ0v) is 18.2. The van der Waals surface area contributed by atoms with Gasteiger partial charge in [0.2, 0.25) is 11.7 Å². The molecule has 0 bridgehead atoms. The van der Waals surface area contributed by atoms with Crippen LogP contribution in [0.1, 0.15) is 26.3 Å². The molecule has 1 fully saturated rings. The largest absolute Gasteiger partial charge is 0.494 e. The maximum Gasteiger partial charge on any atom is 0.265 e. The Balaban J connectivity index is 1.33. The predicted molar refractivity (Wildman–Crippen MR) is 123 cm³/mol. The van der Waals surface area contributed by atoms with Gasteiger partial charge >= 0.3 is 0 Å². The number of aliphatic imine (C=N–C) groups is 1. The fraction of sp³-hybridized carbons (Fsp3) is 0.217. The van der Waals surface area contributed by atoms with Gasteiger partial charge in [0, 0.05) is 42.6 Å². The van der Waals surface area contributed by atoms with Crippen LogP contribution in [0.4, 0.5) is 5.69 Å². The molecule has 2 aromatic carbocycles. The number of fused-ring (bicyclic) bond motifs is 2. The minimum absolute atomic E-state index is 0.0596. The highest BCUT2D eigenvalue weighted by Gasteiger charge is 2.31. The molecule has 9 nitrogen and oxygen atoms in total. The zero-order chi connectivity index (χ0) is 23.1. The van der Waals surface area contributed by atoms with E-state index in [4.69, 9.17) is 11.6 Å². The van der Waals surface area contributed by atoms with Gasteiger partial charge in [-0.05, 0) is 24.3 Å². The first-order valence-corrected chi connectivity index (χ1v) is 11.0. The molecule has 1 saturated heterocycles. The molecular formula is C23H20ClN5O4. The van der Waals surface area contributed by atoms with Gasteiger partial charge in [0.15, 0.2) is 5.88 Å². The van der Waals surface area contributed by atoms with E-state index in [0.717, 1.165) is 0 Å². The number of para-hydroxylation sites is 1.